The van der Waals surface area contributed by atoms with Crippen molar-refractivity contribution in [2.75, 3.05) is 14.2 Å². The first-order valence-electron chi connectivity index (χ1n) is 4.36. The zero-order chi connectivity index (χ0) is 11.4. The first-order valence-corrected chi connectivity index (χ1v) is 4.36. The highest BCUT2D eigenvalue weighted by Gasteiger charge is 2.25. The lowest BCUT2D eigenvalue weighted by Crippen LogP contribution is -2.19. The lowest BCUT2D eigenvalue weighted by molar-refractivity contribution is -0.143. The van der Waals surface area contributed by atoms with Crippen LogP contribution in [0, 0.1) is 5.92 Å². The van der Waals surface area contributed by atoms with Crippen LogP contribution in [-0.4, -0.2) is 31.3 Å². The fourth-order valence-corrected chi connectivity index (χ4v) is 1.34. The predicted molar refractivity (Wildman–Crippen MR) is 50.9 cm³/mol. The molecular weight excluding hydrogens is 200 g/mol. The van der Waals surface area contributed by atoms with Crippen molar-refractivity contribution in [2.24, 2.45) is 5.92 Å². The van der Waals surface area contributed by atoms with Gasteiger partial charge in [-0.3, -0.25) is 4.79 Å². The molecule has 0 fully saturated rings. The highest BCUT2D eigenvalue weighted by molar-refractivity contribution is 5.93. The first kappa shape index (κ1) is 11.3. The molecule has 0 saturated carbocycles. The molecule has 0 aliphatic heterocycles. The lowest BCUT2D eigenvalue weighted by Gasteiger charge is -2.15. The van der Waals surface area contributed by atoms with Crippen LogP contribution in [0.3, 0.4) is 0 Å². The summed E-state index contributed by atoms with van der Waals surface area (Å²) in [7, 11) is 2.49. The van der Waals surface area contributed by atoms with Crippen molar-refractivity contribution in [3.63, 3.8) is 0 Å². The minimum absolute atomic E-state index is 0.0340. The van der Waals surface area contributed by atoms with E-state index in [1.54, 1.807) is 0 Å². The standard InChI is InChI=1S/C10H12O5/c1-14-9(12)6-3-7(10(13)15-2)5-8(11)4-6/h3-4,7,11H,5H2,1-2H3. The van der Waals surface area contributed by atoms with Gasteiger partial charge in [-0.2, -0.15) is 0 Å². The van der Waals surface area contributed by atoms with Crippen molar-refractivity contribution >= 4 is 11.9 Å². The number of aliphatic hydroxyl groups is 1. The smallest absolute Gasteiger partial charge is 0.337 e. The Balaban J connectivity index is 2.90. The number of carbonyl (C=O) groups excluding carboxylic acids is 2. The zero-order valence-corrected chi connectivity index (χ0v) is 8.52. The Morgan fingerprint density at radius 1 is 1.40 bits per heavy atom. The summed E-state index contributed by atoms with van der Waals surface area (Å²) in [4.78, 5) is 22.4. The van der Waals surface area contributed by atoms with Gasteiger partial charge in [-0.25, -0.2) is 4.79 Å². The van der Waals surface area contributed by atoms with Crippen molar-refractivity contribution in [3.05, 3.63) is 23.5 Å². The molecular formula is C10H12O5. The summed E-state index contributed by atoms with van der Waals surface area (Å²) in [5.41, 5.74) is 0.164. The van der Waals surface area contributed by atoms with E-state index in [-0.39, 0.29) is 17.8 Å². The fraction of sp³-hybridized carbons (Fsp3) is 0.400. The molecule has 1 aliphatic rings. The Morgan fingerprint density at radius 3 is 2.60 bits per heavy atom. The molecule has 82 valence electrons. The highest BCUT2D eigenvalue weighted by Crippen LogP contribution is 2.22. The van der Waals surface area contributed by atoms with Gasteiger partial charge in [0, 0.05) is 6.42 Å². The van der Waals surface area contributed by atoms with Crippen LogP contribution in [0.15, 0.2) is 23.5 Å². The van der Waals surface area contributed by atoms with Crippen LogP contribution in [-0.2, 0) is 19.1 Å². The molecule has 1 rings (SSSR count). The van der Waals surface area contributed by atoms with E-state index in [9.17, 15) is 14.7 Å². The van der Waals surface area contributed by atoms with Crippen LogP contribution in [0.5, 0.6) is 0 Å². The molecule has 5 nitrogen and oxygen atoms in total. The Hall–Kier alpha value is -1.78. The largest absolute Gasteiger partial charge is 0.512 e. The Labute approximate surface area is 87.0 Å². The van der Waals surface area contributed by atoms with Crippen LogP contribution in [0.2, 0.25) is 0 Å². The predicted octanol–water partition coefficient (Wildman–Crippen LogP) is 0.721. The number of allylic oxidation sites excluding steroid dienone is 1. The van der Waals surface area contributed by atoms with Gasteiger partial charge >= 0.3 is 11.9 Å². The van der Waals surface area contributed by atoms with E-state index >= 15 is 0 Å². The molecule has 5 heteroatoms. The van der Waals surface area contributed by atoms with E-state index in [0.717, 1.165) is 0 Å². The number of ether oxygens (including phenoxy) is 2. The summed E-state index contributed by atoms with van der Waals surface area (Å²) in [5, 5.41) is 9.34. The van der Waals surface area contributed by atoms with Gasteiger partial charge in [0.25, 0.3) is 0 Å². The number of hydrogen-bond donors (Lipinski definition) is 1. The van der Waals surface area contributed by atoms with Crippen molar-refractivity contribution < 1.29 is 24.2 Å². The van der Waals surface area contributed by atoms with Gasteiger partial charge in [0.15, 0.2) is 0 Å². The average molecular weight is 212 g/mol. The van der Waals surface area contributed by atoms with E-state index in [2.05, 4.69) is 9.47 Å². The second-order valence-corrected chi connectivity index (χ2v) is 3.08. The SMILES string of the molecule is COC(=O)C1=CC(C(=O)OC)CC(O)=C1. The molecule has 0 radical (unpaired) electrons. The zero-order valence-electron chi connectivity index (χ0n) is 8.52. The molecule has 0 bridgehead atoms. The third kappa shape index (κ3) is 2.59. The molecule has 1 aliphatic carbocycles. The second kappa shape index (κ2) is 4.63. The highest BCUT2D eigenvalue weighted by atomic mass is 16.5. The quantitative estimate of drug-likeness (QED) is 0.683. The van der Waals surface area contributed by atoms with Crippen LogP contribution in [0.4, 0.5) is 0 Å². The molecule has 1 N–H and O–H groups in total. The van der Waals surface area contributed by atoms with Crippen molar-refractivity contribution in [1.29, 1.82) is 0 Å². The maximum atomic E-state index is 11.2. The maximum absolute atomic E-state index is 11.2. The van der Waals surface area contributed by atoms with E-state index in [1.807, 2.05) is 0 Å². The number of methoxy groups -OCH3 is 2. The molecule has 0 saturated heterocycles. The Bertz CT molecular complexity index is 340. The molecule has 1 unspecified atom stereocenters. The van der Waals surface area contributed by atoms with Gasteiger partial charge in [0.05, 0.1) is 31.5 Å². The molecule has 15 heavy (non-hydrogen) atoms. The third-order valence-electron chi connectivity index (χ3n) is 2.06. The molecule has 0 spiro atoms. The number of carbonyl (C=O) groups is 2. The minimum atomic E-state index is -0.630. The third-order valence-corrected chi connectivity index (χ3v) is 2.06. The maximum Gasteiger partial charge on any atom is 0.337 e. The molecule has 0 aromatic rings. The molecule has 0 heterocycles. The number of hydrogen-bond acceptors (Lipinski definition) is 5. The van der Waals surface area contributed by atoms with Crippen LogP contribution in [0.25, 0.3) is 0 Å². The topological polar surface area (TPSA) is 72.8 Å². The Morgan fingerprint density at radius 2 is 2.07 bits per heavy atom. The number of esters is 2. The van der Waals surface area contributed by atoms with Crippen LogP contribution in [0.1, 0.15) is 6.42 Å². The van der Waals surface area contributed by atoms with Crippen molar-refractivity contribution in [2.45, 2.75) is 6.42 Å². The Kier molecular flexibility index (Phi) is 3.49. The van der Waals surface area contributed by atoms with Crippen LogP contribution < -0.4 is 0 Å². The number of aliphatic hydroxyl groups excluding tert-OH is 1. The minimum Gasteiger partial charge on any atom is -0.512 e. The molecule has 0 amide bonds. The van der Waals surface area contributed by atoms with Gasteiger partial charge in [0.1, 0.15) is 0 Å². The van der Waals surface area contributed by atoms with E-state index < -0.39 is 17.9 Å². The monoisotopic (exact) mass is 212 g/mol. The summed E-state index contributed by atoms with van der Waals surface area (Å²) in [6.45, 7) is 0. The summed E-state index contributed by atoms with van der Waals surface area (Å²) in [6.07, 6.45) is 2.86. The summed E-state index contributed by atoms with van der Waals surface area (Å²) in [6, 6.07) is 0. The average Bonchev–Trinajstić information content (AvgIpc) is 2.26. The second-order valence-electron chi connectivity index (χ2n) is 3.08. The van der Waals surface area contributed by atoms with E-state index in [1.165, 1.54) is 26.4 Å². The van der Waals surface area contributed by atoms with Gasteiger partial charge in [-0.1, -0.05) is 6.08 Å². The summed E-state index contributed by atoms with van der Waals surface area (Å²) in [5.74, 6) is -1.74. The molecule has 0 aromatic heterocycles. The molecule has 1 atom stereocenters. The first-order chi connectivity index (χ1) is 7.08. The van der Waals surface area contributed by atoms with Gasteiger partial charge in [0.2, 0.25) is 0 Å². The van der Waals surface area contributed by atoms with Gasteiger partial charge < -0.3 is 14.6 Å². The van der Waals surface area contributed by atoms with Gasteiger partial charge in [-0.15, -0.1) is 0 Å². The van der Waals surface area contributed by atoms with Gasteiger partial charge in [-0.05, 0) is 6.08 Å². The van der Waals surface area contributed by atoms with E-state index in [4.69, 9.17) is 0 Å². The fourth-order valence-electron chi connectivity index (χ4n) is 1.34. The molecule has 0 aromatic carbocycles. The van der Waals surface area contributed by atoms with Crippen molar-refractivity contribution in [3.8, 4) is 0 Å². The van der Waals surface area contributed by atoms with Crippen LogP contribution >= 0.6 is 0 Å². The summed E-state index contributed by atoms with van der Waals surface area (Å²) >= 11 is 0. The van der Waals surface area contributed by atoms with E-state index in [0.29, 0.717) is 0 Å². The summed E-state index contributed by atoms with van der Waals surface area (Å²) < 4.78 is 9.01. The van der Waals surface area contributed by atoms with Crippen molar-refractivity contribution in [1.82, 2.24) is 0 Å². The lowest BCUT2D eigenvalue weighted by atomic mass is 9.95. The normalized spacial score (nSPS) is 20.0. The number of rotatable bonds is 2.